The number of carbonyl (C=O) groups is 1. The van der Waals surface area contributed by atoms with Crippen molar-refractivity contribution in [1.29, 1.82) is 0 Å². The van der Waals surface area contributed by atoms with Crippen LogP contribution in [0, 0.1) is 0 Å². The highest BCUT2D eigenvalue weighted by Crippen LogP contribution is 2.34. The summed E-state index contributed by atoms with van der Waals surface area (Å²) in [6, 6.07) is 12.0. The number of nitrogens with one attached hydrogen (secondary N) is 1. The van der Waals surface area contributed by atoms with Gasteiger partial charge in [0.1, 0.15) is 5.65 Å². The smallest absolute Gasteiger partial charge is 0.352 e. The van der Waals surface area contributed by atoms with Crippen LogP contribution in [-0.2, 0) is 17.5 Å². The molecule has 4 rings (SSSR count). The normalized spacial score (nSPS) is 12.6. The number of rotatable bonds is 6. The van der Waals surface area contributed by atoms with E-state index >= 15 is 0 Å². The number of pyridine rings is 2. The molecule has 9 heteroatoms. The zero-order valence-electron chi connectivity index (χ0n) is 16.7. The fraction of sp³-hybridized carbons (Fsp3) is 0.174. The zero-order chi connectivity index (χ0) is 22.7. The fourth-order valence-electron chi connectivity index (χ4n) is 3.52. The molecule has 0 radical (unpaired) electrons. The van der Waals surface area contributed by atoms with Gasteiger partial charge in [-0.05, 0) is 35.4 Å². The van der Waals surface area contributed by atoms with Gasteiger partial charge >= 0.3 is 6.18 Å². The van der Waals surface area contributed by atoms with Crippen molar-refractivity contribution in [2.75, 3.05) is 0 Å². The van der Waals surface area contributed by atoms with Crippen LogP contribution in [0.4, 0.5) is 13.2 Å². The van der Waals surface area contributed by atoms with Crippen molar-refractivity contribution in [3.63, 3.8) is 0 Å². The first kappa shape index (κ1) is 21.8. The van der Waals surface area contributed by atoms with Gasteiger partial charge in [-0.3, -0.25) is 9.78 Å². The molecule has 0 bridgehead atoms. The molecule has 0 saturated carbocycles. The molecule has 1 amide bonds. The molecule has 1 N–H and O–H groups in total. The minimum Gasteiger partial charge on any atom is -0.352 e. The van der Waals surface area contributed by atoms with Gasteiger partial charge in [0.25, 0.3) is 0 Å². The van der Waals surface area contributed by atoms with Gasteiger partial charge in [-0.15, -0.1) is 0 Å². The minimum atomic E-state index is -4.49. The van der Waals surface area contributed by atoms with Gasteiger partial charge in [-0.1, -0.05) is 35.9 Å². The number of nitrogens with zero attached hydrogens (tertiary/aromatic N) is 3. The first-order chi connectivity index (χ1) is 15.3. The second kappa shape index (κ2) is 9.00. The third-order valence-electron chi connectivity index (χ3n) is 5.07. The van der Waals surface area contributed by atoms with Crippen molar-refractivity contribution in [3.8, 4) is 0 Å². The average molecular weight is 459 g/mol. The molecule has 3 aromatic heterocycles. The highest BCUT2D eigenvalue weighted by molar-refractivity contribution is 6.30. The summed E-state index contributed by atoms with van der Waals surface area (Å²) in [6.45, 7) is 0.265. The number of aromatic nitrogens is 3. The Bertz CT molecular complexity index is 1240. The zero-order valence-corrected chi connectivity index (χ0v) is 17.4. The summed E-state index contributed by atoms with van der Waals surface area (Å²) in [5.74, 6) is -0.979. The molecule has 0 saturated heterocycles. The molecule has 0 aliphatic rings. The first-order valence-electron chi connectivity index (χ1n) is 9.76. The Hall–Kier alpha value is -3.39. The Morgan fingerprint density at radius 3 is 2.72 bits per heavy atom. The van der Waals surface area contributed by atoms with Gasteiger partial charge in [0.15, 0.2) is 0 Å². The molecule has 0 fully saturated rings. The van der Waals surface area contributed by atoms with E-state index in [0.29, 0.717) is 21.9 Å². The van der Waals surface area contributed by atoms with Crippen molar-refractivity contribution in [3.05, 3.63) is 101 Å². The summed E-state index contributed by atoms with van der Waals surface area (Å²) in [6.07, 6.45) is 1.90. The minimum absolute atomic E-state index is 0.0676. The number of carbonyl (C=O) groups excluding carboxylic acids is 1. The maximum atomic E-state index is 13.3. The number of imidazole rings is 1. The van der Waals surface area contributed by atoms with Crippen molar-refractivity contribution in [2.45, 2.75) is 25.1 Å². The molecular weight excluding hydrogens is 441 g/mol. The van der Waals surface area contributed by atoms with Gasteiger partial charge < -0.3 is 9.72 Å². The van der Waals surface area contributed by atoms with Gasteiger partial charge in [0.05, 0.1) is 16.3 Å². The Labute approximate surface area is 186 Å². The molecule has 5 nitrogen and oxygen atoms in total. The molecule has 3 heterocycles. The predicted molar refractivity (Wildman–Crippen MR) is 114 cm³/mol. The van der Waals surface area contributed by atoms with Crippen LogP contribution in [0.3, 0.4) is 0 Å². The number of fused-ring (bicyclic) bond motifs is 1. The van der Waals surface area contributed by atoms with Crippen LogP contribution in [0.2, 0.25) is 5.02 Å². The topological polar surface area (TPSA) is 59.3 Å². The van der Waals surface area contributed by atoms with E-state index in [9.17, 15) is 18.0 Å². The van der Waals surface area contributed by atoms with Crippen LogP contribution in [0.15, 0.2) is 73.3 Å². The third kappa shape index (κ3) is 4.91. The lowest BCUT2D eigenvalue weighted by Crippen LogP contribution is -2.25. The average Bonchev–Trinajstić information content (AvgIpc) is 3.19. The summed E-state index contributed by atoms with van der Waals surface area (Å²) >= 11 is 6.12. The Kier molecular flexibility index (Phi) is 6.14. The molecular formula is C23H18ClF3N4O. The highest BCUT2D eigenvalue weighted by Gasteiger charge is 2.32. The number of halogens is 4. The highest BCUT2D eigenvalue weighted by atomic mass is 35.5. The van der Waals surface area contributed by atoms with E-state index < -0.39 is 17.7 Å². The van der Waals surface area contributed by atoms with Crippen LogP contribution < -0.4 is 5.32 Å². The van der Waals surface area contributed by atoms with E-state index in [-0.39, 0.29) is 18.9 Å². The maximum Gasteiger partial charge on any atom is 0.416 e. The molecule has 1 atom stereocenters. The lowest BCUT2D eigenvalue weighted by molar-refractivity contribution is -0.137. The lowest BCUT2D eigenvalue weighted by atomic mass is 9.91. The lowest BCUT2D eigenvalue weighted by Gasteiger charge is -2.19. The predicted octanol–water partition coefficient (Wildman–Crippen LogP) is 5.24. The summed E-state index contributed by atoms with van der Waals surface area (Å²) in [4.78, 5) is 21.1. The van der Waals surface area contributed by atoms with Crippen LogP contribution in [0.5, 0.6) is 0 Å². The third-order valence-corrected chi connectivity index (χ3v) is 5.30. The fourth-order valence-corrected chi connectivity index (χ4v) is 3.68. The monoisotopic (exact) mass is 458 g/mol. The Morgan fingerprint density at radius 1 is 1.12 bits per heavy atom. The van der Waals surface area contributed by atoms with Crippen molar-refractivity contribution >= 4 is 23.2 Å². The van der Waals surface area contributed by atoms with E-state index in [1.54, 1.807) is 53.5 Å². The molecule has 1 aromatic carbocycles. The molecule has 4 aromatic rings. The van der Waals surface area contributed by atoms with Gasteiger partial charge in [0.2, 0.25) is 5.91 Å². The van der Waals surface area contributed by atoms with Crippen LogP contribution in [-0.4, -0.2) is 20.3 Å². The maximum absolute atomic E-state index is 13.3. The molecule has 0 spiro atoms. The Morgan fingerprint density at radius 2 is 1.97 bits per heavy atom. The standard InChI is InChI=1S/C23H18ClF3N4O/c24-18-6-7-21-29-13-20(31(21)14-18)19(16-4-1-5-17(9-16)23(25,26)27)10-22(32)30-12-15-3-2-8-28-11-15/h1-9,11,13-14,19H,10,12H2,(H,30,32). The largest absolute Gasteiger partial charge is 0.416 e. The van der Waals surface area contributed by atoms with Crippen molar-refractivity contribution in [2.24, 2.45) is 0 Å². The van der Waals surface area contributed by atoms with E-state index in [4.69, 9.17) is 11.6 Å². The first-order valence-corrected chi connectivity index (χ1v) is 10.1. The number of hydrogen-bond acceptors (Lipinski definition) is 3. The van der Waals surface area contributed by atoms with Crippen LogP contribution in [0.25, 0.3) is 5.65 Å². The van der Waals surface area contributed by atoms with E-state index in [1.807, 2.05) is 6.07 Å². The summed E-state index contributed by atoms with van der Waals surface area (Å²) in [5.41, 5.74) is 1.55. The second-order valence-corrected chi connectivity index (χ2v) is 7.71. The molecule has 0 aliphatic carbocycles. The van der Waals surface area contributed by atoms with Crippen molar-refractivity contribution in [1.82, 2.24) is 19.7 Å². The number of benzene rings is 1. The summed E-state index contributed by atoms with van der Waals surface area (Å²) in [7, 11) is 0. The number of alkyl halides is 3. The van der Waals surface area contributed by atoms with E-state index in [0.717, 1.165) is 17.7 Å². The van der Waals surface area contributed by atoms with Crippen molar-refractivity contribution < 1.29 is 18.0 Å². The SMILES string of the molecule is O=C(CC(c1cccc(C(F)(F)F)c1)c1cnc2ccc(Cl)cn12)NCc1cccnc1. The van der Waals surface area contributed by atoms with Crippen LogP contribution >= 0.6 is 11.6 Å². The van der Waals surface area contributed by atoms with Crippen LogP contribution in [0.1, 0.15) is 34.7 Å². The quantitative estimate of drug-likeness (QED) is 0.430. The van der Waals surface area contributed by atoms with E-state index in [1.165, 1.54) is 6.07 Å². The summed E-state index contributed by atoms with van der Waals surface area (Å²) < 4.78 is 41.7. The van der Waals surface area contributed by atoms with Gasteiger partial charge in [-0.25, -0.2) is 4.98 Å². The number of amides is 1. The number of hydrogen-bond donors (Lipinski definition) is 1. The van der Waals surface area contributed by atoms with Gasteiger partial charge in [0, 0.05) is 43.7 Å². The Balaban J connectivity index is 1.68. The van der Waals surface area contributed by atoms with Gasteiger partial charge in [-0.2, -0.15) is 13.2 Å². The second-order valence-electron chi connectivity index (χ2n) is 7.28. The molecule has 164 valence electrons. The molecule has 0 aliphatic heterocycles. The summed E-state index contributed by atoms with van der Waals surface area (Å²) in [5, 5.41) is 3.25. The molecule has 1 unspecified atom stereocenters. The molecule has 32 heavy (non-hydrogen) atoms. The van der Waals surface area contributed by atoms with E-state index in [2.05, 4.69) is 15.3 Å².